The van der Waals surface area contributed by atoms with Gasteiger partial charge < -0.3 is 10.0 Å². The van der Waals surface area contributed by atoms with Gasteiger partial charge in [0.15, 0.2) is 0 Å². The summed E-state index contributed by atoms with van der Waals surface area (Å²) in [6, 6.07) is 13.8. The number of unbranched alkanes of at least 4 members (excludes halogenated alkanes) is 1. The first-order valence-corrected chi connectivity index (χ1v) is 9.22. The predicted octanol–water partition coefficient (Wildman–Crippen LogP) is 5.39. The van der Waals surface area contributed by atoms with E-state index in [0.717, 1.165) is 31.5 Å². The third-order valence-electron chi connectivity index (χ3n) is 4.41. The summed E-state index contributed by atoms with van der Waals surface area (Å²) in [6.07, 6.45) is 3.15. The normalized spacial score (nSPS) is 12.3. The zero-order chi connectivity index (χ0) is 19.6. The maximum atomic E-state index is 10.7. The van der Waals surface area contributed by atoms with E-state index in [0.29, 0.717) is 11.4 Å². The molecule has 2 rings (SSSR count). The highest BCUT2D eigenvalue weighted by atomic mass is 16.6. The van der Waals surface area contributed by atoms with Crippen LogP contribution in [0.15, 0.2) is 58.8 Å². The molecule has 0 heterocycles. The molecule has 0 aliphatic carbocycles. The Balaban J connectivity index is 2.07. The molecule has 7 heteroatoms. The summed E-state index contributed by atoms with van der Waals surface area (Å²) in [5.41, 5.74) is 2.32. The van der Waals surface area contributed by atoms with Gasteiger partial charge in [0.25, 0.3) is 5.69 Å². The Labute approximate surface area is 159 Å². The van der Waals surface area contributed by atoms with Crippen molar-refractivity contribution in [1.82, 2.24) is 0 Å². The highest BCUT2D eigenvalue weighted by Gasteiger charge is 2.16. The van der Waals surface area contributed by atoms with Crippen molar-refractivity contribution in [3.05, 3.63) is 58.6 Å². The van der Waals surface area contributed by atoms with E-state index in [2.05, 4.69) is 29.0 Å². The lowest BCUT2D eigenvalue weighted by Crippen LogP contribution is -2.37. The van der Waals surface area contributed by atoms with Crippen LogP contribution in [0.5, 0.6) is 0 Å². The van der Waals surface area contributed by atoms with E-state index < -0.39 is 4.92 Å². The van der Waals surface area contributed by atoms with Crippen molar-refractivity contribution in [3.63, 3.8) is 0 Å². The van der Waals surface area contributed by atoms with Crippen molar-refractivity contribution in [1.29, 1.82) is 0 Å². The Morgan fingerprint density at radius 2 is 1.59 bits per heavy atom. The Morgan fingerprint density at radius 3 is 2.04 bits per heavy atom. The van der Waals surface area contributed by atoms with Gasteiger partial charge in [-0.3, -0.25) is 10.1 Å². The van der Waals surface area contributed by atoms with Gasteiger partial charge >= 0.3 is 0 Å². The standard InChI is InChI=1S/C20H26N4O3/c1-3-5-6-20(15-25)23(4-2)18-11-7-16(8-12-18)21-22-17-9-13-19(14-10-17)24(26)27/h7-14,20,25H,3-6,15H2,1-2H3/b22-21+. The van der Waals surface area contributed by atoms with Gasteiger partial charge in [-0.1, -0.05) is 19.8 Å². The second kappa shape index (κ2) is 10.4. The number of non-ortho nitro benzene ring substituents is 1. The van der Waals surface area contributed by atoms with Gasteiger partial charge in [-0.15, -0.1) is 0 Å². The first-order chi connectivity index (χ1) is 13.1. The fourth-order valence-corrected chi connectivity index (χ4v) is 2.90. The second-order valence-corrected chi connectivity index (χ2v) is 6.25. The van der Waals surface area contributed by atoms with E-state index in [-0.39, 0.29) is 18.3 Å². The van der Waals surface area contributed by atoms with Crippen molar-refractivity contribution in [2.75, 3.05) is 18.1 Å². The minimum Gasteiger partial charge on any atom is -0.394 e. The molecule has 0 saturated heterocycles. The van der Waals surface area contributed by atoms with E-state index >= 15 is 0 Å². The predicted molar refractivity (Wildman–Crippen MR) is 107 cm³/mol. The Morgan fingerprint density at radius 1 is 1.04 bits per heavy atom. The highest BCUT2D eigenvalue weighted by molar-refractivity contribution is 5.53. The molecule has 0 fully saturated rings. The molecule has 0 aliphatic heterocycles. The zero-order valence-electron chi connectivity index (χ0n) is 15.8. The first kappa shape index (κ1) is 20.5. The summed E-state index contributed by atoms with van der Waals surface area (Å²) < 4.78 is 0. The molecule has 2 aromatic carbocycles. The summed E-state index contributed by atoms with van der Waals surface area (Å²) in [4.78, 5) is 12.4. The van der Waals surface area contributed by atoms with Crippen molar-refractivity contribution in [2.45, 2.75) is 39.2 Å². The smallest absolute Gasteiger partial charge is 0.269 e. The second-order valence-electron chi connectivity index (χ2n) is 6.25. The molecule has 1 unspecified atom stereocenters. The van der Waals surface area contributed by atoms with Crippen LogP contribution in [-0.4, -0.2) is 29.2 Å². The minimum absolute atomic E-state index is 0.0273. The summed E-state index contributed by atoms with van der Waals surface area (Å²) in [7, 11) is 0. The number of anilines is 1. The molecule has 0 aromatic heterocycles. The summed E-state index contributed by atoms with van der Waals surface area (Å²) >= 11 is 0. The van der Waals surface area contributed by atoms with Gasteiger partial charge in [-0.25, -0.2) is 0 Å². The molecule has 7 nitrogen and oxygen atoms in total. The maximum Gasteiger partial charge on any atom is 0.269 e. The number of aliphatic hydroxyl groups excluding tert-OH is 1. The SMILES string of the molecule is CCCCC(CO)N(CC)c1ccc(/N=N/c2ccc([N+](=O)[O-])cc2)cc1. The molecule has 1 atom stereocenters. The van der Waals surface area contributed by atoms with E-state index in [1.54, 1.807) is 12.1 Å². The van der Waals surface area contributed by atoms with Crippen LogP contribution in [0.25, 0.3) is 0 Å². The van der Waals surface area contributed by atoms with Gasteiger partial charge in [-0.05, 0) is 49.7 Å². The average molecular weight is 370 g/mol. The fraction of sp³-hybridized carbons (Fsp3) is 0.400. The van der Waals surface area contributed by atoms with E-state index in [1.165, 1.54) is 12.1 Å². The topological polar surface area (TPSA) is 91.3 Å². The van der Waals surface area contributed by atoms with Gasteiger partial charge in [0.2, 0.25) is 0 Å². The van der Waals surface area contributed by atoms with Crippen LogP contribution in [-0.2, 0) is 0 Å². The number of hydrogen-bond acceptors (Lipinski definition) is 6. The van der Waals surface area contributed by atoms with Gasteiger partial charge in [0, 0.05) is 24.4 Å². The van der Waals surface area contributed by atoms with Crippen molar-refractivity contribution in [3.8, 4) is 0 Å². The average Bonchev–Trinajstić information content (AvgIpc) is 2.70. The molecule has 0 aliphatic rings. The number of nitrogens with zero attached hydrogens (tertiary/aromatic N) is 4. The van der Waals surface area contributed by atoms with E-state index in [4.69, 9.17) is 0 Å². The molecule has 0 saturated carbocycles. The number of nitro benzene ring substituents is 1. The molecule has 27 heavy (non-hydrogen) atoms. The van der Waals surface area contributed by atoms with Crippen molar-refractivity contribution >= 4 is 22.7 Å². The monoisotopic (exact) mass is 370 g/mol. The lowest BCUT2D eigenvalue weighted by atomic mass is 10.1. The molecule has 0 radical (unpaired) electrons. The molecule has 1 N–H and O–H groups in total. The van der Waals surface area contributed by atoms with Crippen LogP contribution < -0.4 is 4.90 Å². The van der Waals surface area contributed by atoms with Crippen LogP contribution in [0.4, 0.5) is 22.7 Å². The molecule has 144 valence electrons. The van der Waals surface area contributed by atoms with Crippen molar-refractivity contribution < 1.29 is 10.0 Å². The van der Waals surface area contributed by atoms with Gasteiger partial charge in [0.1, 0.15) is 0 Å². The number of azo groups is 1. The quantitative estimate of drug-likeness (QED) is 0.345. The number of aliphatic hydroxyl groups is 1. The Kier molecular flexibility index (Phi) is 7.88. The third kappa shape index (κ3) is 5.86. The summed E-state index contributed by atoms with van der Waals surface area (Å²) in [5, 5.41) is 28.7. The molecule has 0 amide bonds. The summed E-state index contributed by atoms with van der Waals surface area (Å²) in [6.45, 7) is 5.18. The van der Waals surface area contributed by atoms with E-state index in [9.17, 15) is 15.2 Å². The first-order valence-electron chi connectivity index (χ1n) is 9.22. The van der Waals surface area contributed by atoms with Crippen LogP contribution >= 0.6 is 0 Å². The van der Waals surface area contributed by atoms with Crippen LogP contribution in [0.1, 0.15) is 33.1 Å². The van der Waals surface area contributed by atoms with Gasteiger partial charge in [-0.2, -0.15) is 10.2 Å². The molecular formula is C20H26N4O3. The number of hydrogen-bond donors (Lipinski definition) is 1. The van der Waals surface area contributed by atoms with Crippen LogP contribution in [0, 0.1) is 10.1 Å². The minimum atomic E-state index is -0.445. The maximum absolute atomic E-state index is 10.7. The fourth-order valence-electron chi connectivity index (χ4n) is 2.90. The van der Waals surface area contributed by atoms with Crippen molar-refractivity contribution in [2.24, 2.45) is 10.2 Å². The molecular weight excluding hydrogens is 344 g/mol. The summed E-state index contributed by atoms with van der Waals surface area (Å²) in [5.74, 6) is 0. The lowest BCUT2D eigenvalue weighted by Gasteiger charge is -2.31. The largest absolute Gasteiger partial charge is 0.394 e. The third-order valence-corrected chi connectivity index (χ3v) is 4.41. The van der Waals surface area contributed by atoms with Crippen LogP contribution in [0.3, 0.4) is 0 Å². The zero-order valence-corrected chi connectivity index (χ0v) is 15.8. The lowest BCUT2D eigenvalue weighted by molar-refractivity contribution is -0.384. The number of benzene rings is 2. The molecule has 0 spiro atoms. The molecule has 2 aromatic rings. The van der Waals surface area contributed by atoms with Crippen LogP contribution in [0.2, 0.25) is 0 Å². The Bertz CT molecular complexity index is 745. The number of likely N-dealkylation sites (N-methyl/N-ethyl adjacent to an activating group) is 1. The Hall–Kier alpha value is -2.80. The molecule has 0 bridgehead atoms. The van der Waals surface area contributed by atoms with E-state index in [1.807, 2.05) is 24.3 Å². The highest BCUT2D eigenvalue weighted by Crippen LogP contribution is 2.25. The number of rotatable bonds is 10. The van der Waals surface area contributed by atoms with Gasteiger partial charge in [0.05, 0.1) is 28.9 Å². The number of nitro groups is 1.